The average molecular weight is 569 g/mol. The number of allylic oxidation sites excluding steroid dienone is 4. The molecule has 1 aliphatic rings. The van der Waals surface area contributed by atoms with E-state index in [0.29, 0.717) is 11.5 Å². The first-order valence-electron chi connectivity index (χ1n) is 10.0. The van der Waals surface area contributed by atoms with Gasteiger partial charge in [0.2, 0.25) is 0 Å². The molecule has 170 valence electrons. The van der Waals surface area contributed by atoms with Gasteiger partial charge in [-0.15, -0.1) is 53.6 Å². The molecule has 0 spiro atoms. The van der Waals surface area contributed by atoms with Crippen molar-refractivity contribution in [1.29, 1.82) is 0 Å². The molecule has 0 radical (unpaired) electrons. The zero-order valence-electron chi connectivity index (χ0n) is 19.3. The van der Waals surface area contributed by atoms with Crippen LogP contribution in [0.1, 0.15) is 27.7 Å². The SMILES string of the molecule is CC1=[C-]C(C)C(C)=C1C.C[Si](C)=[Zr+2].Fc1cc(F)cc(-c2c[cH-]c3ccccc23)c1.[Cl-].[Cl-]. The van der Waals surface area contributed by atoms with Crippen molar-refractivity contribution in [3.63, 3.8) is 0 Å². The summed E-state index contributed by atoms with van der Waals surface area (Å²) in [5.74, 6) is -0.541. The fourth-order valence-electron chi connectivity index (χ4n) is 3.27. The summed E-state index contributed by atoms with van der Waals surface area (Å²) in [7, 11) is 0. The van der Waals surface area contributed by atoms with Crippen molar-refractivity contribution in [3.8, 4) is 11.1 Å². The molecule has 1 aliphatic carbocycles. The van der Waals surface area contributed by atoms with Crippen molar-refractivity contribution in [1.82, 2.24) is 0 Å². The zero-order chi connectivity index (χ0) is 22.4. The van der Waals surface area contributed by atoms with Gasteiger partial charge in [-0.25, -0.2) is 14.4 Å². The maximum absolute atomic E-state index is 13.2. The van der Waals surface area contributed by atoms with Crippen LogP contribution in [0.4, 0.5) is 8.78 Å². The molecule has 6 heteroatoms. The van der Waals surface area contributed by atoms with E-state index in [1.807, 2.05) is 36.4 Å². The van der Waals surface area contributed by atoms with Gasteiger partial charge in [0, 0.05) is 6.07 Å². The number of fused-ring (bicyclic) bond motifs is 1. The number of benzene rings is 2. The van der Waals surface area contributed by atoms with Crippen LogP contribution in [0.25, 0.3) is 21.9 Å². The Morgan fingerprint density at radius 3 is 1.94 bits per heavy atom. The standard InChI is InChI=1S/C15H9F2.C9H13.C2H6Si.2ClH.Zr/c16-12-7-11(8-13(17)9-12)15-6-5-10-3-1-2-4-14(10)15;1-6-5-7(2)9(4)8(6)3;1-3-2;;;/h1-9H;6H,1-4H3;1-2H3;2*1H;/q2*-1;;;;+2/p-2. The molecule has 4 rings (SSSR count). The first kappa shape index (κ1) is 31.1. The van der Waals surface area contributed by atoms with Gasteiger partial charge in [0.1, 0.15) is 11.6 Å². The van der Waals surface area contributed by atoms with Crippen LogP contribution in [0.5, 0.6) is 0 Å². The maximum atomic E-state index is 13.2. The fraction of sp³-hybridized carbons (Fsp3) is 0.269. The Balaban J connectivity index is 0.000000547. The van der Waals surface area contributed by atoms with E-state index in [2.05, 4.69) is 46.9 Å². The normalized spacial score (nSPS) is 14.3. The second-order valence-corrected chi connectivity index (χ2v) is 17.2. The van der Waals surface area contributed by atoms with Crippen LogP contribution in [0.15, 0.2) is 71.3 Å². The van der Waals surface area contributed by atoms with Gasteiger partial charge in [0.05, 0.1) is 0 Å². The summed E-state index contributed by atoms with van der Waals surface area (Å²) >= 11 is 1.74. The van der Waals surface area contributed by atoms with Crippen molar-refractivity contribution >= 4 is 16.2 Å². The van der Waals surface area contributed by atoms with Gasteiger partial charge in [0.25, 0.3) is 0 Å². The topological polar surface area (TPSA) is 0 Å². The average Bonchev–Trinajstić information content (AvgIpc) is 3.18. The van der Waals surface area contributed by atoms with Crippen LogP contribution in [0.2, 0.25) is 13.1 Å². The fourth-order valence-corrected chi connectivity index (χ4v) is 3.27. The summed E-state index contributed by atoms with van der Waals surface area (Å²) in [4.78, 5) is 0. The second kappa shape index (κ2) is 14.4. The molecule has 3 aromatic carbocycles. The van der Waals surface area contributed by atoms with E-state index in [1.165, 1.54) is 28.9 Å². The van der Waals surface area contributed by atoms with Crippen LogP contribution in [-0.4, -0.2) is 5.43 Å². The van der Waals surface area contributed by atoms with Crippen LogP contribution < -0.4 is 24.8 Å². The summed E-state index contributed by atoms with van der Waals surface area (Å²) in [6, 6.07) is 15.2. The summed E-state index contributed by atoms with van der Waals surface area (Å²) < 4.78 is 26.4. The minimum atomic E-state index is -0.551. The first-order chi connectivity index (χ1) is 14.1. The molecule has 32 heavy (non-hydrogen) atoms. The first-order valence-corrected chi connectivity index (χ1v) is 16.2. The quantitative estimate of drug-likeness (QED) is 0.312. The van der Waals surface area contributed by atoms with Crippen LogP contribution in [0.3, 0.4) is 0 Å². The molecule has 0 aliphatic heterocycles. The molecular formula is C26H28Cl2F2SiZr-2. The van der Waals surface area contributed by atoms with Crippen molar-refractivity contribution in [3.05, 3.63) is 89.0 Å². The van der Waals surface area contributed by atoms with Gasteiger partial charge in [-0.1, -0.05) is 38.3 Å². The third-order valence-electron chi connectivity index (χ3n) is 5.09. The van der Waals surface area contributed by atoms with Crippen LogP contribution >= 0.6 is 0 Å². The van der Waals surface area contributed by atoms with Gasteiger partial charge < -0.3 is 24.8 Å². The molecule has 0 saturated carbocycles. The van der Waals surface area contributed by atoms with E-state index >= 15 is 0 Å². The number of hydrogen-bond acceptors (Lipinski definition) is 0. The molecule has 1 atom stereocenters. The molecule has 0 amide bonds. The smallest absolute Gasteiger partial charge is 0.125 e. The predicted octanol–water partition coefficient (Wildman–Crippen LogP) is 2.02. The second-order valence-electron chi connectivity index (χ2n) is 7.79. The van der Waals surface area contributed by atoms with Crippen molar-refractivity contribution in [2.24, 2.45) is 5.92 Å². The Labute approximate surface area is 218 Å². The Hall–Kier alpha value is -0.930. The minimum Gasteiger partial charge on any atom is -1.00 e. The van der Waals surface area contributed by atoms with E-state index < -0.39 is 11.6 Å². The summed E-state index contributed by atoms with van der Waals surface area (Å²) in [5.41, 5.74) is 5.89. The minimum absolute atomic E-state index is 0. The van der Waals surface area contributed by atoms with Crippen molar-refractivity contribution in [2.45, 2.75) is 40.8 Å². The van der Waals surface area contributed by atoms with Crippen molar-refractivity contribution < 1.29 is 56.9 Å². The van der Waals surface area contributed by atoms with Gasteiger partial charge in [-0.2, -0.15) is 11.1 Å². The summed E-state index contributed by atoms with van der Waals surface area (Å²) in [5, 5.41) is 2.09. The molecular weight excluding hydrogens is 540 g/mol. The molecule has 0 saturated heterocycles. The molecule has 0 nitrogen and oxygen atoms in total. The number of hydrogen-bond donors (Lipinski definition) is 0. The molecule has 0 aromatic heterocycles. The largest absolute Gasteiger partial charge is 1.00 e. The van der Waals surface area contributed by atoms with Gasteiger partial charge in [0.15, 0.2) is 0 Å². The van der Waals surface area contributed by atoms with Gasteiger partial charge >= 0.3 is 41.9 Å². The Bertz CT molecular complexity index is 1090. The van der Waals surface area contributed by atoms with Gasteiger partial charge in [-0.3, -0.25) is 6.08 Å². The third-order valence-corrected chi connectivity index (χ3v) is 5.09. The monoisotopic (exact) mass is 566 g/mol. The summed E-state index contributed by atoms with van der Waals surface area (Å²) in [6.45, 7) is 13.3. The van der Waals surface area contributed by atoms with Crippen LogP contribution in [-0.2, 0) is 23.3 Å². The summed E-state index contributed by atoms with van der Waals surface area (Å²) in [6.07, 6.45) is 3.36. The molecule has 0 heterocycles. The number of rotatable bonds is 1. The van der Waals surface area contributed by atoms with E-state index in [9.17, 15) is 8.78 Å². The Morgan fingerprint density at radius 2 is 1.50 bits per heavy atom. The molecule has 1 unspecified atom stereocenters. The third kappa shape index (κ3) is 8.78. The predicted molar refractivity (Wildman–Crippen MR) is 122 cm³/mol. The van der Waals surface area contributed by atoms with Crippen molar-refractivity contribution in [2.75, 3.05) is 0 Å². The maximum Gasteiger partial charge on any atom is 0.125 e. The molecule has 0 N–H and O–H groups in total. The van der Waals surface area contributed by atoms with E-state index in [1.54, 1.807) is 23.3 Å². The molecule has 0 fully saturated rings. The zero-order valence-corrected chi connectivity index (χ0v) is 24.3. The van der Waals surface area contributed by atoms with E-state index in [4.69, 9.17) is 0 Å². The Morgan fingerprint density at radius 1 is 0.969 bits per heavy atom. The Kier molecular flexibility index (Phi) is 13.9. The molecule has 3 aromatic rings. The van der Waals surface area contributed by atoms with E-state index in [0.717, 1.165) is 22.4 Å². The van der Waals surface area contributed by atoms with Gasteiger partial charge in [-0.05, 0) is 12.1 Å². The number of halogens is 4. The molecule has 0 bridgehead atoms. The van der Waals surface area contributed by atoms with E-state index in [-0.39, 0.29) is 30.2 Å². The van der Waals surface area contributed by atoms with Crippen LogP contribution in [0, 0.1) is 23.6 Å².